The number of rotatable bonds is 6. The summed E-state index contributed by atoms with van der Waals surface area (Å²) in [7, 11) is 0. The molecule has 1 aromatic carbocycles. The zero-order valence-corrected chi connectivity index (χ0v) is 12.0. The van der Waals surface area contributed by atoms with Crippen molar-refractivity contribution in [2.24, 2.45) is 5.92 Å². The van der Waals surface area contributed by atoms with Gasteiger partial charge in [-0.05, 0) is 43.0 Å². The highest BCUT2D eigenvalue weighted by atomic mass is 19.1. The van der Waals surface area contributed by atoms with Crippen LogP contribution in [0.5, 0.6) is 0 Å². The van der Waals surface area contributed by atoms with Crippen LogP contribution in [-0.2, 0) is 6.42 Å². The van der Waals surface area contributed by atoms with E-state index in [0.717, 1.165) is 18.9 Å². The van der Waals surface area contributed by atoms with Gasteiger partial charge in [-0.25, -0.2) is 4.39 Å². The van der Waals surface area contributed by atoms with Crippen LogP contribution in [0.3, 0.4) is 0 Å². The highest BCUT2D eigenvalue weighted by Crippen LogP contribution is 2.28. The number of benzene rings is 1. The van der Waals surface area contributed by atoms with Crippen molar-refractivity contribution in [3.05, 3.63) is 35.6 Å². The average Bonchev–Trinajstić information content (AvgIpc) is 2.43. The molecule has 1 fully saturated rings. The van der Waals surface area contributed by atoms with E-state index >= 15 is 0 Å². The first-order valence-electron chi connectivity index (χ1n) is 7.75. The predicted molar refractivity (Wildman–Crippen MR) is 78.8 cm³/mol. The van der Waals surface area contributed by atoms with E-state index in [0.29, 0.717) is 6.04 Å². The first-order chi connectivity index (χ1) is 9.28. The SMILES string of the molecule is CCNC(Cc1ccc(F)cc1)CC1CCCCC1. The highest BCUT2D eigenvalue weighted by Gasteiger charge is 2.18. The van der Waals surface area contributed by atoms with Crippen LogP contribution in [0.1, 0.15) is 51.0 Å². The van der Waals surface area contributed by atoms with Crippen molar-refractivity contribution in [3.63, 3.8) is 0 Å². The molecule has 0 heterocycles. The zero-order valence-electron chi connectivity index (χ0n) is 12.0. The van der Waals surface area contributed by atoms with Gasteiger partial charge in [-0.1, -0.05) is 51.2 Å². The summed E-state index contributed by atoms with van der Waals surface area (Å²) in [5.41, 5.74) is 1.24. The van der Waals surface area contributed by atoms with Crippen molar-refractivity contribution in [3.8, 4) is 0 Å². The Morgan fingerprint density at radius 3 is 2.47 bits per heavy atom. The number of hydrogen-bond donors (Lipinski definition) is 1. The van der Waals surface area contributed by atoms with E-state index in [1.807, 2.05) is 12.1 Å². The Kier molecular flexibility index (Phi) is 5.84. The molecule has 1 atom stereocenters. The molecular formula is C17H26FN. The molecule has 2 rings (SSSR count). The summed E-state index contributed by atoms with van der Waals surface area (Å²) in [5.74, 6) is 0.745. The molecule has 19 heavy (non-hydrogen) atoms. The van der Waals surface area contributed by atoms with Crippen LogP contribution in [0.2, 0.25) is 0 Å². The Bertz CT molecular complexity index is 354. The Morgan fingerprint density at radius 1 is 1.16 bits per heavy atom. The summed E-state index contributed by atoms with van der Waals surface area (Å²) >= 11 is 0. The minimum absolute atomic E-state index is 0.143. The van der Waals surface area contributed by atoms with Gasteiger partial charge in [0.25, 0.3) is 0 Å². The van der Waals surface area contributed by atoms with Gasteiger partial charge in [0.1, 0.15) is 5.82 Å². The normalized spacial score (nSPS) is 18.4. The second-order valence-corrected chi connectivity index (χ2v) is 5.82. The molecular weight excluding hydrogens is 237 g/mol. The van der Waals surface area contributed by atoms with Crippen LogP contribution in [-0.4, -0.2) is 12.6 Å². The number of hydrogen-bond acceptors (Lipinski definition) is 1. The lowest BCUT2D eigenvalue weighted by Crippen LogP contribution is -2.33. The number of halogens is 1. The maximum Gasteiger partial charge on any atom is 0.123 e. The maximum absolute atomic E-state index is 12.9. The third-order valence-corrected chi connectivity index (χ3v) is 4.23. The molecule has 0 aliphatic heterocycles. The molecule has 0 saturated heterocycles. The topological polar surface area (TPSA) is 12.0 Å². The van der Waals surface area contributed by atoms with Gasteiger partial charge < -0.3 is 5.32 Å². The minimum Gasteiger partial charge on any atom is -0.314 e. The lowest BCUT2D eigenvalue weighted by molar-refractivity contribution is 0.298. The largest absolute Gasteiger partial charge is 0.314 e. The van der Waals surface area contributed by atoms with Crippen LogP contribution in [0.4, 0.5) is 4.39 Å². The molecule has 0 spiro atoms. The Balaban J connectivity index is 1.89. The van der Waals surface area contributed by atoms with Crippen molar-refractivity contribution in [1.29, 1.82) is 0 Å². The van der Waals surface area contributed by atoms with E-state index in [-0.39, 0.29) is 5.82 Å². The van der Waals surface area contributed by atoms with Gasteiger partial charge in [0.2, 0.25) is 0 Å². The van der Waals surface area contributed by atoms with Gasteiger partial charge in [0, 0.05) is 6.04 Å². The molecule has 2 heteroatoms. The van der Waals surface area contributed by atoms with Crippen LogP contribution in [0, 0.1) is 11.7 Å². The minimum atomic E-state index is -0.143. The first kappa shape index (κ1) is 14.5. The summed E-state index contributed by atoms with van der Waals surface area (Å²) < 4.78 is 12.9. The van der Waals surface area contributed by atoms with Crippen LogP contribution in [0.25, 0.3) is 0 Å². The van der Waals surface area contributed by atoms with Gasteiger partial charge >= 0.3 is 0 Å². The molecule has 1 saturated carbocycles. The molecule has 1 unspecified atom stereocenters. The van der Waals surface area contributed by atoms with Crippen LogP contribution in [0.15, 0.2) is 24.3 Å². The van der Waals surface area contributed by atoms with Gasteiger partial charge in [0.15, 0.2) is 0 Å². The van der Waals surface area contributed by atoms with Crippen molar-refractivity contribution in [1.82, 2.24) is 5.32 Å². The highest BCUT2D eigenvalue weighted by molar-refractivity contribution is 5.17. The molecule has 106 valence electrons. The summed E-state index contributed by atoms with van der Waals surface area (Å²) in [4.78, 5) is 0. The molecule has 0 bridgehead atoms. The molecule has 1 nitrogen and oxygen atoms in total. The predicted octanol–water partition coefficient (Wildman–Crippen LogP) is 4.32. The van der Waals surface area contributed by atoms with Crippen molar-refractivity contribution >= 4 is 0 Å². The van der Waals surface area contributed by atoms with Crippen LogP contribution < -0.4 is 5.32 Å². The molecule has 0 amide bonds. The summed E-state index contributed by atoms with van der Waals surface area (Å²) in [6.45, 7) is 3.18. The first-order valence-corrected chi connectivity index (χ1v) is 7.75. The quantitative estimate of drug-likeness (QED) is 0.806. The van der Waals surface area contributed by atoms with E-state index in [1.54, 1.807) is 12.1 Å². The lowest BCUT2D eigenvalue weighted by atomic mass is 9.83. The van der Waals surface area contributed by atoms with E-state index in [4.69, 9.17) is 0 Å². The molecule has 1 aromatic rings. The van der Waals surface area contributed by atoms with Gasteiger partial charge in [0.05, 0.1) is 0 Å². The second-order valence-electron chi connectivity index (χ2n) is 5.82. The lowest BCUT2D eigenvalue weighted by Gasteiger charge is -2.27. The van der Waals surface area contributed by atoms with E-state index in [9.17, 15) is 4.39 Å². The molecule has 0 radical (unpaired) electrons. The fourth-order valence-electron chi connectivity index (χ4n) is 3.26. The van der Waals surface area contributed by atoms with Crippen molar-refractivity contribution in [2.75, 3.05) is 6.54 Å². The standard InChI is InChI=1S/C17H26FN/c1-2-19-17(12-14-6-4-3-5-7-14)13-15-8-10-16(18)11-9-15/h8-11,14,17,19H,2-7,12-13H2,1H3. The second kappa shape index (κ2) is 7.64. The zero-order chi connectivity index (χ0) is 13.5. The third kappa shape index (κ3) is 4.94. The Morgan fingerprint density at radius 2 is 1.84 bits per heavy atom. The van der Waals surface area contributed by atoms with E-state index in [1.165, 1.54) is 44.1 Å². The fourth-order valence-corrected chi connectivity index (χ4v) is 3.26. The molecule has 1 aliphatic carbocycles. The monoisotopic (exact) mass is 263 g/mol. The van der Waals surface area contributed by atoms with E-state index < -0.39 is 0 Å². The fraction of sp³-hybridized carbons (Fsp3) is 0.647. The van der Waals surface area contributed by atoms with Gasteiger partial charge in [-0.3, -0.25) is 0 Å². The third-order valence-electron chi connectivity index (χ3n) is 4.23. The Hall–Kier alpha value is -0.890. The molecule has 1 N–H and O–H groups in total. The van der Waals surface area contributed by atoms with Crippen molar-refractivity contribution in [2.45, 2.75) is 57.9 Å². The Labute approximate surface area is 116 Å². The maximum atomic E-state index is 12.9. The van der Waals surface area contributed by atoms with Gasteiger partial charge in [-0.15, -0.1) is 0 Å². The van der Waals surface area contributed by atoms with Crippen molar-refractivity contribution < 1.29 is 4.39 Å². The number of likely N-dealkylation sites (N-methyl/N-ethyl adjacent to an activating group) is 1. The van der Waals surface area contributed by atoms with E-state index in [2.05, 4.69) is 12.2 Å². The molecule has 1 aliphatic rings. The summed E-state index contributed by atoms with van der Waals surface area (Å²) in [6, 6.07) is 7.51. The average molecular weight is 263 g/mol. The summed E-state index contributed by atoms with van der Waals surface area (Å²) in [5, 5.41) is 3.60. The van der Waals surface area contributed by atoms with Crippen LogP contribution >= 0.6 is 0 Å². The summed E-state index contributed by atoms with van der Waals surface area (Å²) in [6.07, 6.45) is 9.30. The van der Waals surface area contributed by atoms with Gasteiger partial charge in [-0.2, -0.15) is 0 Å². The number of nitrogens with one attached hydrogen (secondary N) is 1. The molecule has 0 aromatic heterocycles. The smallest absolute Gasteiger partial charge is 0.123 e.